The van der Waals surface area contributed by atoms with Crippen molar-refractivity contribution in [1.82, 2.24) is 0 Å². The lowest BCUT2D eigenvalue weighted by Gasteiger charge is -2.29. The first kappa shape index (κ1) is 9.30. The van der Waals surface area contributed by atoms with E-state index in [9.17, 15) is 0 Å². The maximum Gasteiger partial charge on any atom is -0.0320 e. The van der Waals surface area contributed by atoms with Crippen LogP contribution in [0.2, 0.25) is 0 Å². The summed E-state index contributed by atoms with van der Waals surface area (Å²) in [5.74, 6) is 2.12. The van der Waals surface area contributed by atoms with E-state index >= 15 is 0 Å². The predicted molar refractivity (Wildman–Crippen MR) is 57.7 cm³/mol. The van der Waals surface area contributed by atoms with Crippen molar-refractivity contribution in [2.24, 2.45) is 11.8 Å². The van der Waals surface area contributed by atoms with Crippen molar-refractivity contribution in [3.8, 4) is 0 Å². The monoisotopic (exact) mass is 178 g/mol. The second-order valence-electron chi connectivity index (χ2n) is 4.80. The van der Waals surface area contributed by atoms with Gasteiger partial charge >= 0.3 is 0 Å². The van der Waals surface area contributed by atoms with Crippen LogP contribution in [0.5, 0.6) is 0 Å². The molecule has 0 aliphatic heterocycles. The second kappa shape index (κ2) is 4.83. The van der Waals surface area contributed by atoms with Crippen LogP contribution >= 0.6 is 0 Å². The summed E-state index contributed by atoms with van der Waals surface area (Å²) < 4.78 is 0. The van der Waals surface area contributed by atoms with Crippen LogP contribution in [0.4, 0.5) is 0 Å². The van der Waals surface area contributed by atoms with Gasteiger partial charge in [-0.15, -0.1) is 0 Å². The van der Waals surface area contributed by atoms with E-state index in [4.69, 9.17) is 0 Å². The highest BCUT2D eigenvalue weighted by Crippen LogP contribution is 2.35. The molecule has 0 N–H and O–H groups in total. The van der Waals surface area contributed by atoms with Crippen LogP contribution in [0, 0.1) is 11.8 Å². The maximum atomic E-state index is 2.44. The first-order chi connectivity index (χ1) is 6.47. The molecular weight excluding hydrogens is 156 g/mol. The first-order valence-corrected chi connectivity index (χ1v) is 6.12. The largest absolute Gasteiger partial charge is 0.0885 e. The third-order valence-electron chi connectivity index (χ3n) is 3.87. The molecule has 0 saturated heterocycles. The van der Waals surface area contributed by atoms with Crippen LogP contribution in [0.15, 0.2) is 12.2 Å². The summed E-state index contributed by atoms with van der Waals surface area (Å²) in [6.07, 6.45) is 18.0. The average molecular weight is 178 g/mol. The van der Waals surface area contributed by atoms with Crippen LogP contribution in [0.1, 0.15) is 57.8 Å². The lowest BCUT2D eigenvalue weighted by atomic mass is 9.77. The molecule has 13 heavy (non-hydrogen) atoms. The number of allylic oxidation sites excluding steroid dienone is 2. The van der Waals surface area contributed by atoms with E-state index in [0.717, 1.165) is 11.8 Å². The van der Waals surface area contributed by atoms with Gasteiger partial charge in [-0.25, -0.2) is 0 Å². The lowest BCUT2D eigenvalue weighted by Crippen LogP contribution is -2.17. The summed E-state index contributed by atoms with van der Waals surface area (Å²) in [4.78, 5) is 0. The van der Waals surface area contributed by atoms with Gasteiger partial charge in [0.05, 0.1) is 0 Å². The summed E-state index contributed by atoms with van der Waals surface area (Å²) in [6.45, 7) is 0. The van der Waals surface area contributed by atoms with Crippen molar-refractivity contribution in [2.45, 2.75) is 57.8 Å². The van der Waals surface area contributed by atoms with E-state index in [0.29, 0.717) is 0 Å². The number of hydrogen-bond donors (Lipinski definition) is 0. The topological polar surface area (TPSA) is 0 Å². The third-order valence-corrected chi connectivity index (χ3v) is 3.87. The van der Waals surface area contributed by atoms with Gasteiger partial charge in [0.1, 0.15) is 0 Å². The van der Waals surface area contributed by atoms with Gasteiger partial charge in [0.15, 0.2) is 0 Å². The zero-order valence-electron chi connectivity index (χ0n) is 8.67. The quantitative estimate of drug-likeness (QED) is 0.525. The Morgan fingerprint density at radius 1 is 0.692 bits per heavy atom. The Hall–Kier alpha value is -0.260. The molecule has 2 aliphatic carbocycles. The third kappa shape index (κ3) is 2.59. The standard InChI is InChI=1S/C13H22/c1-2-5-9-12(8-4-1)13-10-6-3-7-11-13/h1,4,12-13H,2-3,5-11H2. The van der Waals surface area contributed by atoms with E-state index in [1.807, 2.05) is 0 Å². The molecule has 0 aromatic heterocycles. The molecule has 1 fully saturated rings. The summed E-state index contributed by atoms with van der Waals surface area (Å²) in [5.41, 5.74) is 0. The van der Waals surface area contributed by atoms with E-state index in [-0.39, 0.29) is 0 Å². The first-order valence-electron chi connectivity index (χ1n) is 6.12. The molecule has 0 heterocycles. The molecule has 0 spiro atoms. The van der Waals surface area contributed by atoms with Crippen molar-refractivity contribution in [3.63, 3.8) is 0 Å². The van der Waals surface area contributed by atoms with Crippen molar-refractivity contribution in [2.75, 3.05) is 0 Å². The minimum Gasteiger partial charge on any atom is -0.0885 e. The maximum absolute atomic E-state index is 2.44. The zero-order chi connectivity index (χ0) is 8.93. The van der Waals surface area contributed by atoms with Gasteiger partial charge in [-0.2, -0.15) is 0 Å². The van der Waals surface area contributed by atoms with E-state index in [1.54, 1.807) is 0 Å². The second-order valence-corrected chi connectivity index (χ2v) is 4.80. The van der Waals surface area contributed by atoms with Gasteiger partial charge in [-0.3, -0.25) is 0 Å². The molecule has 0 bridgehead atoms. The van der Waals surface area contributed by atoms with Gasteiger partial charge in [0, 0.05) is 0 Å². The fourth-order valence-corrected chi connectivity index (χ4v) is 3.04. The van der Waals surface area contributed by atoms with E-state index in [1.165, 1.54) is 57.8 Å². The molecule has 2 rings (SSSR count). The van der Waals surface area contributed by atoms with Crippen LogP contribution in [-0.4, -0.2) is 0 Å². The van der Waals surface area contributed by atoms with Gasteiger partial charge in [-0.05, 0) is 37.5 Å². The fraction of sp³-hybridized carbons (Fsp3) is 0.846. The minimum absolute atomic E-state index is 1.04. The molecule has 0 nitrogen and oxygen atoms in total. The lowest BCUT2D eigenvalue weighted by molar-refractivity contribution is 0.237. The normalized spacial score (nSPS) is 31.5. The number of hydrogen-bond acceptors (Lipinski definition) is 0. The molecule has 0 amide bonds. The molecule has 0 aromatic carbocycles. The Bertz CT molecular complexity index is 163. The summed E-state index contributed by atoms with van der Waals surface area (Å²) in [5, 5.41) is 0. The Labute approximate surface area is 82.4 Å². The van der Waals surface area contributed by atoms with Gasteiger partial charge < -0.3 is 0 Å². The van der Waals surface area contributed by atoms with Crippen LogP contribution in [0.25, 0.3) is 0 Å². The molecule has 1 saturated carbocycles. The molecule has 0 aromatic rings. The van der Waals surface area contributed by atoms with Crippen LogP contribution in [-0.2, 0) is 0 Å². The molecule has 0 radical (unpaired) electrons. The van der Waals surface area contributed by atoms with E-state index in [2.05, 4.69) is 12.2 Å². The van der Waals surface area contributed by atoms with Crippen LogP contribution < -0.4 is 0 Å². The molecule has 2 aliphatic rings. The summed E-state index contributed by atoms with van der Waals surface area (Å²) >= 11 is 0. The minimum atomic E-state index is 1.04. The van der Waals surface area contributed by atoms with Crippen molar-refractivity contribution in [3.05, 3.63) is 12.2 Å². The smallest absolute Gasteiger partial charge is 0.0320 e. The van der Waals surface area contributed by atoms with Crippen molar-refractivity contribution < 1.29 is 0 Å². The van der Waals surface area contributed by atoms with Crippen LogP contribution in [0.3, 0.4) is 0 Å². The highest BCUT2D eigenvalue weighted by atomic mass is 14.3. The summed E-state index contributed by atoms with van der Waals surface area (Å²) in [7, 11) is 0. The number of rotatable bonds is 1. The fourth-order valence-electron chi connectivity index (χ4n) is 3.04. The van der Waals surface area contributed by atoms with Gasteiger partial charge in [0.25, 0.3) is 0 Å². The molecule has 0 heteroatoms. The molecular formula is C13H22. The van der Waals surface area contributed by atoms with Gasteiger partial charge in [0.2, 0.25) is 0 Å². The van der Waals surface area contributed by atoms with Crippen molar-refractivity contribution in [1.29, 1.82) is 0 Å². The highest BCUT2D eigenvalue weighted by Gasteiger charge is 2.22. The Morgan fingerprint density at radius 3 is 2.31 bits per heavy atom. The Kier molecular flexibility index (Phi) is 3.46. The van der Waals surface area contributed by atoms with E-state index < -0.39 is 0 Å². The molecule has 1 unspecified atom stereocenters. The average Bonchev–Trinajstić information content (AvgIpc) is 2.47. The van der Waals surface area contributed by atoms with Crippen molar-refractivity contribution >= 4 is 0 Å². The van der Waals surface area contributed by atoms with Gasteiger partial charge in [-0.1, -0.05) is 44.3 Å². The highest BCUT2D eigenvalue weighted by molar-refractivity contribution is 4.90. The molecule has 74 valence electrons. The SMILES string of the molecule is C1=CCC(C2CCCCC2)CCC1. The summed E-state index contributed by atoms with van der Waals surface area (Å²) in [6, 6.07) is 0. The Balaban J connectivity index is 1.86. The predicted octanol–water partition coefficient (Wildman–Crippen LogP) is 4.31. The molecule has 1 atom stereocenters. The zero-order valence-corrected chi connectivity index (χ0v) is 8.67. The Morgan fingerprint density at radius 2 is 1.46 bits per heavy atom.